The largest absolute Gasteiger partial charge is 0.494 e. The summed E-state index contributed by atoms with van der Waals surface area (Å²) < 4.78 is 17.8. The van der Waals surface area contributed by atoms with Gasteiger partial charge in [0.05, 0.1) is 32.9 Å². The topological polar surface area (TPSA) is 202 Å². The molecular formula is C34H40N10O5. The average Bonchev–Trinajstić information content (AvgIpc) is 3.53. The molecule has 0 bridgehead atoms. The number of rotatable bonds is 17. The fourth-order valence-electron chi connectivity index (χ4n) is 5.87. The molecule has 0 saturated carbocycles. The van der Waals surface area contributed by atoms with Gasteiger partial charge in [-0.25, -0.2) is 10.4 Å². The van der Waals surface area contributed by atoms with Gasteiger partial charge in [-0.05, 0) is 57.6 Å². The Bertz CT molecular complexity index is 1680. The normalized spacial score (nSPS) is 18.8. The summed E-state index contributed by atoms with van der Waals surface area (Å²) in [5, 5.41) is 16.7. The zero-order valence-corrected chi connectivity index (χ0v) is 27.1. The second-order valence-electron chi connectivity index (χ2n) is 11.5. The minimum atomic E-state index is -1.55. The molecular weight excluding hydrogens is 628 g/mol. The first-order valence-electron chi connectivity index (χ1n) is 16.2. The van der Waals surface area contributed by atoms with Crippen LogP contribution in [0.15, 0.2) is 88.0 Å². The molecule has 2 atom stereocenters. The Balaban J connectivity index is 1.56. The van der Waals surface area contributed by atoms with Gasteiger partial charge in [-0.15, -0.1) is 0 Å². The molecule has 0 spiro atoms. The van der Waals surface area contributed by atoms with Crippen LogP contribution in [0.2, 0.25) is 0 Å². The van der Waals surface area contributed by atoms with Crippen molar-refractivity contribution in [3.8, 4) is 5.75 Å². The van der Waals surface area contributed by atoms with E-state index in [1.54, 1.807) is 24.3 Å². The predicted octanol–water partition coefficient (Wildman–Crippen LogP) is 4.52. The SMILES string of the molecule is [N-]=[N+]=NCc1ccccc1C[C@]1(C(=O)NNCCN2CCOCC2)N=C(c2ccc(OCCCO)cc2)O[C@H]1c1ccccc1CN=[N+]=[N-]. The van der Waals surface area contributed by atoms with Crippen LogP contribution in [-0.4, -0.2) is 80.0 Å². The van der Waals surface area contributed by atoms with Crippen molar-refractivity contribution < 1.29 is 24.1 Å². The highest BCUT2D eigenvalue weighted by Gasteiger charge is 2.54. The third kappa shape index (κ3) is 9.06. The highest BCUT2D eigenvalue weighted by atomic mass is 16.5. The lowest BCUT2D eigenvalue weighted by atomic mass is 9.80. The Morgan fingerprint density at radius 2 is 1.65 bits per heavy atom. The first-order chi connectivity index (χ1) is 24.1. The van der Waals surface area contributed by atoms with E-state index in [0.717, 1.165) is 24.2 Å². The van der Waals surface area contributed by atoms with E-state index in [-0.39, 0.29) is 32.0 Å². The number of carbonyl (C=O) groups is 1. The summed E-state index contributed by atoms with van der Waals surface area (Å²) in [5.74, 6) is 0.449. The van der Waals surface area contributed by atoms with Crippen molar-refractivity contribution in [2.45, 2.75) is 37.6 Å². The lowest BCUT2D eigenvalue weighted by molar-refractivity contribution is -0.130. The number of nitrogens with zero attached hydrogens (tertiary/aromatic N) is 8. The van der Waals surface area contributed by atoms with E-state index in [9.17, 15) is 4.79 Å². The monoisotopic (exact) mass is 668 g/mol. The number of ether oxygens (including phenoxy) is 3. The molecule has 3 N–H and O–H groups in total. The van der Waals surface area contributed by atoms with Crippen molar-refractivity contribution in [1.82, 2.24) is 15.8 Å². The molecule has 1 amide bonds. The number of carbonyl (C=O) groups excluding carboxylic acids is 1. The molecule has 256 valence electrons. The van der Waals surface area contributed by atoms with Crippen molar-refractivity contribution in [3.05, 3.63) is 121 Å². The Kier molecular flexibility index (Phi) is 12.8. The Hall–Kier alpha value is -5.14. The van der Waals surface area contributed by atoms with E-state index in [4.69, 9.17) is 35.4 Å². The first kappa shape index (κ1) is 35.2. The van der Waals surface area contributed by atoms with Crippen molar-refractivity contribution in [2.24, 2.45) is 15.2 Å². The van der Waals surface area contributed by atoms with E-state index in [2.05, 4.69) is 35.8 Å². The third-order valence-corrected chi connectivity index (χ3v) is 8.41. The van der Waals surface area contributed by atoms with E-state index >= 15 is 0 Å². The predicted molar refractivity (Wildman–Crippen MR) is 182 cm³/mol. The first-order valence-corrected chi connectivity index (χ1v) is 16.2. The molecule has 2 aliphatic rings. The second-order valence-corrected chi connectivity index (χ2v) is 11.5. The van der Waals surface area contributed by atoms with Crippen LogP contribution in [-0.2, 0) is 33.8 Å². The summed E-state index contributed by atoms with van der Waals surface area (Å²) in [6.45, 7) is 4.72. The summed E-state index contributed by atoms with van der Waals surface area (Å²) in [6, 6.07) is 22.0. The maximum atomic E-state index is 14.6. The second kappa shape index (κ2) is 17.9. The lowest BCUT2D eigenvalue weighted by Gasteiger charge is -2.32. The van der Waals surface area contributed by atoms with Gasteiger partial charge in [0, 0.05) is 61.0 Å². The van der Waals surface area contributed by atoms with Gasteiger partial charge in [-0.2, -0.15) is 0 Å². The fourth-order valence-corrected chi connectivity index (χ4v) is 5.87. The average molecular weight is 669 g/mol. The van der Waals surface area contributed by atoms with E-state index in [0.29, 0.717) is 61.8 Å². The maximum Gasteiger partial charge on any atom is 0.266 e. The number of amides is 1. The van der Waals surface area contributed by atoms with Gasteiger partial charge in [0.25, 0.3) is 5.91 Å². The third-order valence-electron chi connectivity index (χ3n) is 8.41. The molecule has 5 rings (SSSR count). The summed E-state index contributed by atoms with van der Waals surface area (Å²) in [5.41, 5.74) is 26.2. The molecule has 3 aromatic carbocycles. The van der Waals surface area contributed by atoms with E-state index in [1.165, 1.54) is 0 Å². The number of benzene rings is 3. The Morgan fingerprint density at radius 1 is 0.980 bits per heavy atom. The molecule has 0 aliphatic carbocycles. The summed E-state index contributed by atoms with van der Waals surface area (Å²) >= 11 is 0. The Labute approximate surface area is 284 Å². The van der Waals surface area contributed by atoms with Gasteiger partial charge >= 0.3 is 0 Å². The lowest BCUT2D eigenvalue weighted by Crippen LogP contribution is -2.55. The number of aliphatic hydroxyl groups excluding tert-OH is 1. The summed E-state index contributed by atoms with van der Waals surface area (Å²) in [4.78, 5) is 27.9. The zero-order chi connectivity index (χ0) is 34.3. The van der Waals surface area contributed by atoms with Crippen LogP contribution in [0.3, 0.4) is 0 Å². The molecule has 15 heteroatoms. The van der Waals surface area contributed by atoms with Crippen LogP contribution in [0.4, 0.5) is 0 Å². The van der Waals surface area contributed by atoms with Gasteiger partial charge in [-0.1, -0.05) is 58.8 Å². The van der Waals surface area contributed by atoms with Crippen molar-refractivity contribution in [2.75, 3.05) is 52.6 Å². The Morgan fingerprint density at radius 3 is 2.37 bits per heavy atom. The number of aliphatic hydroxyl groups is 1. The van der Waals surface area contributed by atoms with Gasteiger partial charge < -0.3 is 19.3 Å². The van der Waals surface area contributed by atoms with Crippen LogP contribution in [0.5, 0.6) is 5.75 Å². The number of hydrogen-bond donors (Lipinski definition) is 3. The molecule has 49 heavy (non-hydrogen) atoms. The molecule has 0 radical (unpaired) electrons. The zero-order valence-electron chi connectivity index (χ0n) is 27.1. The standard InChI is InChI=1S/C34H40N10O5/c35-42-38-23-27-7-2-1-6-26(27)22-34(33(46)41-37-14-15-44-16-20-47-21-17-44)31(30-9-4-3-8-28(30)24-39-43-36)49-32(40-34)25-10-12-29(13-11-25)48-19-5-18-45/h1-4,6-13,31,37,45H,5,14-24H2,(H,41,46)/t31-,34-/m0/s1. The molecule has 1 fully saturated rings. The van der Waals surface area contributed by atoms with Gasteiger partial charge in [0.1, 0.15) is 5.75 Å². The minimum absolute atomic E-state index is 0.0312. The highest BCUT2D eigenvalue weighted by Crippen LogP contribution is 2.44. The summed E-state index contributed by atoms with van der Waals surface area (Å²) in [7, 11) is 0. The van der Waals surface area contributed by atoms with E-state index < -0.39 is 17.6 Å². The van der Waals surface area contributed by atoms with Crippen LogP contribution in [0.1, 0.15) is 40.3 Å². The highest BCUT2D eigenvalue weighted by molar-refractivity contribution is 6.01. The maximum absolute atomic E-state index is 14.6. The van der Waals surface area contributed by atoms with Crippen LogP contribution in [0, 0.1) is 0 Å². The molecule has 3 aromatic rings. The number of morpholine rings is 1. The number of azide groups is 2. The van der Waals surface area contributed by atoms with Crippen LogP contribution >= 0.6 is 0 Å². The van der Waals surface area contributed by atoms with Gasteiger partial charge in [0.15, 0.2) is 11.6 Å². The van der Waals surface area contributed by atoms with Gasteiger partial charge in [-0.3, -0.25) is 15.1 Å². The van der Waals surface area contributed by atoms with E-state index in [1.807, 2.05) is 48.5 Å². The molecule has 2 heterocycles. The molecule has 2 aliphatic heterocycles. The van der Waals surface area contributed by atoms with Crippen molar-refractivity contribution in [1.29, 1.82) is 0 Å². The van der Waals surface area contributed by atoms with Crippen molar-refractivity contribution in [3.63, 3.8) is 0 Å². The quantitative estimate of drug-likeness (QED) is 0.0616. The van der Waals surface area contributed by atoms with Gasteiger partial charge in [0.2, 0.25) is 5.90 Å². The molecule has 0 unspecified atom stereocenters. The summed E-state index contributed by atoms with van der Waals surface area (Å²) in [6.07, 6.45) is -0.317. The number of hydrazine groups is 1. The smallest absolute Gasteiger partial charge is 0.266 e. The van der Waals surface area contributed by atoms with Crippen LogP contribution < -0.4 is 15.6 Å². The number of nitrogens with one attached hydrogen (secondary N) is 2. The number of hydrogen-bond acceptors (Lipinski definition) is 10. The fraction of sp³-hybridized carbons (Fsp3) is 0.412. The molecule has 1 saturated heterocycles. The number of aliphatic imine (C=N–C) groups is 1. The minimum Gasteiger partial charge on any atom is -0.494 e. The van der Waals surface area contributed by atoms with Crippen molar-refractivity contribution >= 4 is 11.8 Å². The van der Waals surface area contributed by atoms with Crippen LogP contribution in [0.25, 0.3) is 20.9 Å². The molecule has 15 nitrogen and oxygen atoms in total. The molecule has 0 aromatic heterocycles.